The summed E-state index contributed by atoms with van der Waals surface area (Å²) in [4.78, 5) is 4.78. The summed E-state index contributed by atoms with van der Waals surface area (Å²) in [7, 11) is 2.16. The van der Waals surface area contributed by atoms with Crippen molar-refractivity contribution in [2.24, 2.45) is 11.8 Å². The Balaban J connectivity index is 1.02. The Labute approximate surface area is 359 Å². The molecule has 1 aliphatic heterocycles. The van der Waals surface area contributed by atoms with Gasteiger partial charge in [-0.1, -0.05) is 86.8 Å². The van der Waals surface area contributed by atoms with Crippen LogP contribution < -0.4 is 15.4 Å². The van der Waals surface area contributed by atoms with Gasteiger partial charge in [0.2, 0.25) is 0 Å². The first-order valence-electron chi connectivity index (χ1n) is 21.4. The number of piperazine rings is 1. The van der Waals surface area contributed by atoms with Gasteiger partial charge in [0.25, 0.3) is 0 Å². The number of allylic oxidation sites excluding steroid dienone is 6. The van der Waals surface area contributed by atoms with Crippen LogP contribution in [0.1, 0.15) is 80.2 Å². The third-order valence-corrected chi connectivity index (χ3v) is 11.8. The van der Waals surface area contributed by atoms with Gasteiger partial charge < -0.3 is 30.1 Å². The van der Waals surface area contributed by atoms with Gasteiger partial charge in [0.05, 0.1) is 13.2 Å². The second-order valence-electron chi connectivity index (χ2n) is 16.1. The molecule has 8 heteroatoms. The Hall–Kier alpha value is -4.53. The van der Waals surface area contributed by atoms with E-state index in [4.69, 9.17) is 21.1 Å². The van der Waals surface area contributed by atoms with E-state index in [9.17, 15) is 5.11 Å². The summed E-state index contributed by atoms with van der Waals surface area (Å²) in [5.74, 6) is 1.39. The molecule has 2 unspecified atom stereocenters. The zero-order valence-corrected chi connectivity index (χ0v) is 36.6. The zero-order valence-electron chi connectivity index (χ0n) is 35.9. The molecule has 1 fully saturated rings. The number of hydrogen-bond donors (Lipinski definition) is 3. The minimum atomic E-state index is 0.156. The van der Waals surface area contributed by atoms with E-state index in [0.29, 0.717) is 41.8 Å². The van der Waals surface area contributed by atoms with Crippen molar-refractivity contribution < 1.29 is 14.6 Å². The number of halogens is 1. The molecule has 0 spiro atoms. The van der Waals surface area contributed by atoms with Gasteiger partial charge in [-0.2, -0.15) is 0 Å². The number of benzene rings is 3. The van der Waals surface area contributed by atoms with Crippen LogP contribution in [0.5, 0.6) is 11.5 Å². The fourth-order valence-corrected chi connectivity index (χ4v) is 8.31. The summed E-state index contributed by atoms with van der Waals surface area (Å²) >= 11 is 6.71. The molecule has 2 aliphatic rings. The molecule has 3 aromatic carbocycles. The molecule has 2 atom stereocenters. The van der Waals surface area contributed by atoms with E-state index in [1.807, 2.05) is 42.5 Å². The number of nitrogens with zero attached hydrogens (tertiary/aromatic N) is 2. The van der Waals surface area contributed by atoms with E-state index < -0.39 is 0 Å². The topological polar surface area (TPSA) is 69.2 Å². The maximum absolute atomic E-state index is 11.0. The molecule has 3 N–H and O–H groups in total. The Kier molecular flexibility index (Phi) is 17.6. The highest BCUT2D eigenvalue weighted by Crippen LogP contribution is 2.52. The van der Waals surface area contributed by atoms with Crippen molar-refractivity contribution in [3.05, 3.63) is 132 Å². The van der Waals surface area contributed by atoms with Gasteiger partial charge >= 0.3 is 0 Å². The van der Waals surface area contributed by atoms with Crippen molar-refractivity contribution in [2.45, 2.75) is 58.9 Å². The van der Waals surface area contributed by atoms with Crippen molar-refractivity contribution in [3.8, 4) is 11.5 Å². The number of unbranched alkanes of at least 4 members (excludes halogenated alkanes) is 2. The van der Waals surface area contributed by atoms with E-state index in [-0.39, 0.29) is 11.7 Å². The van der Waals surface area contributed by atoms with Crippen LogP contribution in [0, 0.1) is 11.8 Å². The predicted molar refractivity (Wildman–Crippen MR) is 254 cm³/mol. The molecule has 0 bridgehead atoms. The highest BCUT2D eigenvalue weighted by atomic mass is 35.5. The SMILES string of the molecule is C=CCCC(C(=C)C)C1C(=C)c2cccc(NCCCCCOCCNc3ccc(/C=C/C(=C)c4cc(CN5CCN(C)CC5)c(OCCC)cc4O)c(Cl)c3)c2C1=C. The first kappa shape index (κ1) is 45.6. The minimum absolute atomic E-state index is 0.156. The van der Waals surface area contributed by atoms with Gasteiger partial charge in [0.15, 0.2) is 0 Å². The summed E-state index contributed by atoms with van der Waals surface area (Å²) in [5, 5.41) is 18.7. The fourth-order valence-electron chi connectivity index (χ4n) is 8.07. The number of rotatable bonds is 24. The van der Waals surface area contributed by atoms with Gasteiger partial charge in [-0.25, -0.2) is 0 Å². The number of hydrogen-bond acceptors (Lipinski definition) is 7. The third-order valence-electron chi connectivity index (χ3n) is 11.5. The number of phenols is 1. The first-order chi connectivity index (χ1) is 28.5. The van der Waals surface area contributed by atoms with E-state index in [1.165, 1.54) is 16.7 Å². The van der Waals surface area contributed by atoms with E-state index in [0.717, 1.165) is 124 Å². The lowest BCUT2D eigenvalue weighted by molar-refractivity contribution is 0.139. The second kappa shape index (κ2) is 22.7. The molecule has 5 rings (SSSR count). The van der Waals surface area contributed by atoms with Crippen LogP contribution in [0.4, 0.5) is 11.4 Å². The summed E-state index contributed by atoms with van der Waals surface area (Å²) in [6.45, 7) is 34.1. The molecule has 316 valence electrons. The molecule has 1 heterocycles. The number of phenolic OH excluding ortho intramolecular Hbond substituents is 1. The quantitative estimate of drug-likeness (QED) is 0.0472. The minimum Gasteiger partial charge on any atom is -0.507 e. The summed E-state index contributed by atoms with van der Waals surface area (Å²) < 4.78 is 12.0. The highest BCUT2D eigenvalue weighted by Gasteiger charge is 2.36. The molecule has 3 aromatic rings. The molecule has 0 aromatic heterocycles. The summed E-state index contributed by atoms with van der Waals surface area (Å²) in [6.07, 6.45) is 11.8. The van der Waals surface area contributed by atoms with Gasteiger partial charge in [0, 0.05) is 97.5 Å². The lowest BCUT2D eigenvalue weighted by atomic mass is 9.78. The van der Waals surface area contributed by atoms with Gasteiger partial charge in [-0.05, 0) is 111 Å². The number of anilines is 2. The standard InChI is InChI=1S/C51H67ClN4O3/c1-9-11-16-43(36(3)4)50-38(6)44-17-15-18-47(51(44)39(50)7)54-23-13-12-14-30-58-31-24-53-42-22-21-40(46(52)33-42)20-19-37(5)45-32-41(35-56-27-25-55(8)26-28-56)49(34-48(45)57)59-29-10-2/h9,15,17-22,32-34,43,50,53-54,57H,1,3,5-7,10-14,16,23-31,35H2,2,4,8H3/b20-19+. The van der Waals surface area contributed by atoms with Crippen molar-refractivity contribution >= 4 is 45.8 Å². The molecule has 0 amide bonds. The van der Waals surface area contributed by atoms with Crippen LogP contribution in [0.25, 0.3) is 22.8 Å². The van der Waals surface area contributed by atoms with E-state index in [1.54, 1.807) is 6.07 Å². The van der Waals surface area contributed by atoms with Crippen LogP contribution in [-0.4, -0.2) is 81.0 Å². The Bertz CT molecular complexity index is 1980. The molecule has 7 nitrogen and oxygen atoms in total. The summed E-state index contributed by atoms with van der Waals surface area (Å²) in [5.41, 5.74) is 11.3. The molecule has 0 radical (unpaired) electrons. The number of ether oxygens (including phenoxy) is 2. The molecular weight excluding hydrogens is 752 g/mol. The maximum atomic E-state index is 11.0. The van der Waals surface area contributed by atoms with Gasteiger partial charge in [-0.15, -0.1) is 6.58 Å². The molecule has 59 heavy (non-hydrogen) atoms. The van der Waals surface area contributed by atoms with Crippen LogP contribution in [0.15, 0.2) is 99.2 Å². The van der Waals surface area contributed by atoms with Crippen molar-refractivity contribution in [1.82, 2.24) is 9.80 Å². The van der Waals surface area contributed by atoms with Gasteiger partial charge in [0.1, 0.15) is 11.5 Å². The van der Waals surface area contributed by atoms with E-state index in [2.05, 4.69) is 92.4 Å². The van der Waals surface area contributed by atoms with Gasteiger partial charge in [-0.3, -0.25) is 4.90 Å². The largest absolute Gasteiger partial charge is 0.507 e. The first-order valence-corrected chi connectivity index (χ1v) is 21.8. The lowest BCUT2D eigenvalue weighted by Gasteiger charge is -2.32. The smallest absolute Gasteiger partial charge is 0.127 e. The van der Waals surface area contributed by atoms with Crippen LogP contribution in [0.2, 0.25) is 5.02 Å². The molecule has 0 saturated carbocycles. The molecular formula is C51H67ClN4O3. The number of aromatic hydroxyl groups is 1. The Morgan fingerprint density at radius 1 is 0.966 bits per heavy atom. The second-order valence-corrected chi connectivity index (χ2v) is 16.5. The number of likely N-dealkylation sites (N-methyl/N-ethyl adjacent to an activating group) is 1. The highest BCUT2D eigenvalue weighted by molar-refractivity contribution is 6.32. The third kappa shape index (κ3) is 12.5. The molecule has 1 aliphatic carbocycles. The fraction of sp³-hybridized carbons (Fsp3) is 0.412. The van der Waals surface area contributed by atoms with Crippen molar-refractivity contribution in [1.29, 1.82) is 0 Å². The summed E-state index contributed by atoms with van der Waals surface area (Å²) in [6, 6.07) is 16.1. The van der Waals surface area contributed by atoms with Crippen molar-refractivity contribution in [2.75, 3.05) is 76.8 Å². The Morgan fingerprint density at radius 3 is 2.49 bits per heavy atom. The maximum Gasteiger partial charge on any atom is 0.127 e. The van der Waals surface area contributed by atoms with E-state index >= 15 is 0 Å². The number of fused-ring (bicyclic) bond motifs is 1. The zero-order chi connectivity index (χ0) is 42.3. The molecule has 1 saturated heterocycles. The average Bonchev–Trinajstić information content (AvgIpc) is 3.47. The van der Waals surface area contributed by atoms with Crippen LogP contribution >= 0.6 is 11.6 Å². The van der Waals surface area contributed by atoms with Crippen molar-refractivity contribution in [3.63, 3.8) is 0 Å². The predicted octanol–water partition coefficient (Wildman–Crippen LogP) is 11.8. The normalized spacial score (nSPS) is 16.3. The number of nitrogens with one attached hydrogen (secondary N) is 2. The Morgan fingerprint density at radius 2 is 1.76 bits per heavy atom. The van der Waals surface area contributed by atoms with Crippen LogP contribution in [-0.2, 0) is 11.3 Å². The lowest BCUT2D eigenvalue weighted by Crippen LogP contribution is -2.43. The van der Waals surface area contributed by atoms with Crippen LogP contribution in [0.3, 0.4) is 0 Å². The average molecular weight is 820 g/mol. The monoisotopic (exact) mass is 818 g/mol.